The van der Waals surface area contributed by atoms with E-state index >= 15 is 0 Å². The van der Waals surface area contributed by atoms with E-state index in [0.717, 1.165) is 19.3 Å². The number of nitrogens with zero attached hydrogens (tertiary/aromatic N) is 1. The van der Waals surface area contributed by atoms with Crippen LogP contribution in [0.5, 0.6) is 0 Å². The minimum Gasteiger partial charge on any atom is -0.469 e. The summed E-state index contributed by atoms with van der Waals surface area (Å²) in [5, 5.41) is 13.3. The van der Waals surface area contributed by atoms with E-state index in [4.69, 9.17) is 18.5 Å². The number of H-pyrrole nitrogens is 1. The van der Waals surface area contributed by atoms with Gasteiger partial charge in [0.25, 0.3) is 5.56 Å². The first kappa shape index (κ1) is 30.4. The smallest absolute Gasteiger partial charge is 0.405 e. The molecular weight excluding hydrogens is 493 g/mol. The molecule has 0 amide bonds. The zero-order valence-electron chi connectivity index (χ0n) is 21.7. The van der Waals surface area contributed by atoms with Crippen LogP contribution in [0, 0.1) is 18.8 Å². The summed E-state index contributed by atoms with van der Waals surface area (Å²) in [5.41, 5.74) is -0.832. The normalized spacial score (nSPS) is 22.5. The van der Waals surface area contributed by atoms with Crippen LogP contribution >= 0.6 is 7.75 Å². The number of aliphatic hydroxyl groups is 1. The van der Waals surface area contributed by atoms with Gasteiger partial charge in [0.1, 0.15) is 12.3 Å². The van der Waals surface area contributed by atoms with E-state index in [-0.39, 0.29) is 32.1 Å². The summed E-state index contributed by atoms with van der Waals surface area (Å²) < 4.78 is 36.6. The van der Waals surface area contributed by atoms with Crippen molar-refractivity contribution in [2.45, 2.75) is 78.2 Å². The first-order valence-electron chi connectivity index (χ1n) is 12.4. The first-order valence-corrected chi connectivity index (χ1v) is 13.9. The van der Waals surface area contributed by atoms with Gasteiger partial charge in [-0.3, -0.25) is 28.2 Å². The van der Waals surface area contributed by atoms with Gasteiger partial charge in [0.05, 0.1) is 32.3 Å². The molecule has 1 fully saturated rings. The summed E-state index contributed by atoms with van der Waals surface area (Å²) in [7, 11) is -2.58. The standard InChI is InChI=1S/C23H40N3O9P/c1-6-7-8-9-10-33-36(31,24-12-17(15(2)3)22(29)32-5)34-14-19-18(27)11-20(35-19)26-13-16(4)21(28)25-23(26)30/h13,15,17-20,27H,6-12,14H2,1-5H3,(H,24,31)(H,25,28,30)/t17?,18-,19+,20+,36?/m0/s1. The second-order valence-corrected chi connectivity index (χ2v) is 11.2. The summed E-state index contributed by atoms with van der Waals surface area (Å²) in [4.78, 5) is 38.2. The van der Waals surface area contributed by atoms with Crippen LogP contribution < -0.4 is 16.3 Å². The molecule has 0 aromatic carbocycles. The molecule has 1 saturated heterocycles. The largest absolute Gasteiger partial charge is 0.469 e. The van der Waals surface area contributed by atoms with E-state index in [1.165, 1.54) is 17.9 Å². The zero-order chi connectivity index (χ0) is 26.9. The lowest BCUT2D eigenvalue weighted by Gasteiger charge is -2.25. The molecule has 2 heterocycles. The van der Waals surface area contributed by atoms with Crippen LogP contribution in [0.3, 0.4) is 0 Å². The van der Waals surface area contributed by atoms with E-state index in [9.17, 15) is 24.1 Å². The number of nitrogens with one attached hydrogen (secondary N) is 2. The zero-order valence-corrected chi connectivity index (χ0v) is 22.6. The number of methoxy groups -OCH3 is 1. The highest BCUT2D eigenvalue weighted by atomic mass is 31.2. The number of aromatic nitrogens is 2. The Morgan fingerprint density at radius 2 is 2.03 bits per heavy atom. The molecule has 2 unspecified atom stereocenters. The molecular formula is C23H40N3O9P. The van der Waals surface area contributed by atoms with E-state index in [1.807, 2.05) is 13.8 Å². The van der Waals surface area contributed by atoms with Crippen LogP contribution in [-0.4, -0.2) is 59.7 Å². The molecule has 36 heavy (non-hydrogen) atoms. The van der Waals surface area contributed by atoms with Gasteiger partial charge in [-0.15, -0.1) is 0 Å². The highest BCUT2D eigenvalue weighted by molar-refractivity contribution is 7.51. The number of aliphatic hydroxyl groups excluding tert-OH is 1. The quantitative estimate of drug-likeness (QED) is 0.173. The van der Waals surface area contributed by atoms with Gasteiger partial charge >= 0.3 is 19.4 Å². The van der Waals surface area contributed by atoms with Crippen LogP contribution in [0.2, 0.25) is 0 Å². The van der Waals surface area contributed by atoms with Gasteiger partial charge in [0, 0.05) is 24.7 Å². The Kier molecular flexibility index (Phi) is 12.0. The average molecular weight is 534 g/mol. The maximum atomic E-state index is 13.5. The number of ether oxygens (including phenoxy) is 2. The number of hydrogen-bond donors (Lipinski definition) is 3. The maximum Gasteiger partial charge on any atom is 0.405 e. The van der Waals surface area contributed by atoms with Crippen LogP contribution in [0.15, 0.2) is 15.8 Å². The van der Waals surface area contributed by atoms with Crippen molar-refractivity contribution in [3.8, 4) is 0 Å². The third-order valence-electron chi connectivity index (χ3n) is 6.14. The van der Waals surface area contributed by atoms with Gasteiger partial charge in [-0.2, -0.15) is 0 Å². The fourth-order valence-electron chi connectivity index (χ4n) is 3.80. The van der Waals surface area contributed by atoms with E-state index in [1.54, 1.807) is 6.92 Å². The van der Waals surface area contributed by atoms with E-state index in [2.05, 4.69) is 17.0 Å². The predicted molar refractivity (Wildman–Crippen MR) is 133 cm³/mol. The van der Waals surface area contributed by atoms with Gasteiger partial charge in [-0.1, -0.05) is 40.0 Å². The Bertz CT molecular complexity index is 1010. The molecule has 0 saturated carbocycles. The topological polar surface area (TPSA) is 158 Å². The van der Waals surface area contributed by atoms with E-state index in [0.29, 0.717) is 12.0 Å². The Morgan fingerprint density at radius 1 is 1.31 bits per heavy atom. The second-order valence-electron chi connectivity index (χ2n) is 9.33. The summed E-state index contributed by atoms with van der Waals surface area (Å²) in [6.45, 7) is 7.26. The number of aryl methyl sites for hydroxylation is 1. The average Bonchev–Trinajstić information content (AvgIpc) is 3.20. The lowest BCUT2D eigenvalue weighted by molar-refractivity contribution is -0.146. The molecule has 5 atom stereocenters. The van der Waals surface area contributed by atoms with Crippen molar-refractivity contribution in [2.24, 2.45) is 11.8 Å². The Labute approximate surface area is 211 Å². The minimum atomic E-state index is -3.87. The Morgan fingerprint density at radius 3 is 2.67 bits per heavy atom. The van der Waals surface area contributed by atoms with Gasteiger partial charge in [-0.05, 0) is 19.3 Å². The molecule has 1 aromatic heterocycles. The van der Waals surface area contributed by atoms with Crippen molar-refractivity contribution in [3.63, 3.8) is 0 Å². The van der Waals surface area contributed by atoms with Crippen LogP contribution in [0.4, 0.5) is 0 Å². The van der Waals surface area contributed by atoms with Crippen LogP contribution in [-0.2, 0) is 27.9 Å². The van der Waals surface area contributed by atoms with Crippen LogP contribution in [0.25, 0.3) is 0 Å². The summed E-state index contributed by atoms with van der Waals surface area (Å²) in [5.74, 6) is -1.09. The molecule has 0 aliphatic carbocycles. The molecule has 2 rings (SSSR count). The van der Waals surface area contributed by atoms with Gasteiger partial charge in [-0.25, -0.2) is 14.4 Å². The predicted octanol–water partition coefficient (Wildman–Crippen LogP) is 2.25. The number of hydrogen-bond acceptors (Lipinski definition) is 9. The number of carbonyl (C=O) groups is 1. The molecule has 13 heteroatoms. The molecule has 3 N–H and O–H groups in total. The van der Waals surface area contributed by atoms with Crippen molar-refractivity contribution < 1.29 is 33.0 Å². The fourth-order valence-corrected chi connectivity index (χ4v) is 5.19. The highest BCUT2D eigenvalue weighted by Crippen LogP contribution is 2.45. The second kappa shape index (κ2) is 14.2. The van der Waals surface area contributed by atoms with E-state index < -0.39 is 49.3 Å². The van der Waals surface area contributed by atoms with Gasteiger partial charge in [0.15, 0.2) is 0 Å². The molecule has 206 valence electrons. The SMILES string of the molecule is CCCCCCOP(=O)(NCC(C(=O)OC)C(C)C)OC[C@H]1O[C@@H](n2cc(C)c(=O)[nH]c2=O)C[C@@H]1O. The van der Waals surface area contributed by atoms with Gasteiger partial charge < -0.3 is 14.6 Å². The number of esters is 1. The third-order valence-corrected chi connectivity index (χ3v) is 7.72. The summed E-state index contributed by atoms with van der Waals surface area (Å²) in [6.07, 6.45) is 2.37. The van der Waals surface area contributed by atoms with Crippen molar-refractivity contribution in [1.82, 2.24) is 14.6 Å². The molecule has 0 spiro atoms. The van der Waals surface area contributed by atoms with Crippen molar-refractivity contribution in [3.05, 3.63) is 32.6 Å². The number of aromatic amines is 1. The van der Waals surface area contributed by atoms with Crippen molar-refractivity contribution in [2.75, 3.05) is 26.9 Å². The number of rotatable bonds is 15. The summed E-state index contributed by atoms with van der Waals surface area (Å²) >= 11 is 0. The van der Waals surface area contributed by atoms with Crippen molar-refractivity contribution in [1.29, 1.82) is 0 Å². The first-order chi connectivity index (χ1) is 17.0. The lowest BCUT2D eigenvalue weighted by atomic mass is 9.96. The summed E-state index contributed by atoms with van der Waals surface area (Å²) in [6, 6.07) is 0. The molecule has 1 aliphatic rings. The molecule has 1 aromatic rings. The lowest BCUT2D eigenvalue weighted by Crippen LogP contribution is -2.34. The molecule has 1 aliphatic heterocycles. The Balaban J connectivity index is 2.07. The number of carbonyl (C=O) groups excluding carboxylic acids is 1. The van der Waals surface area contributed by atoms with Gasteiger partial charge in [0.2, 0.25) is 0 Å². The van der Waals surface area contributed by atoms with Crippen molar-refractivity contribution >= 4 is 13.7 Å². The molecule has 0 bridgehead atoms. The third kappa shape index (κ3) is 8.64. The minimum absolute atomic E-state index is 0.0132. The number of unbranched alkanes of at least 4 members (excludes halogenated alkanes) is 3. The molecule has 0 radical (unpaired) electrons. The monoisotopic (exact) mass is 533 g/mol. The maximum absolute atomic E-state index is 13.5. The molecule has 12 nitrogen and oxygen atoms in total. The van der Waals surface area contributed by atoms with Crippen LogP contribution in [0.1, 0.15) is 64.7 Å². The highest BCUT2D eigenvalue weighted by Gasteiger charge is 2.38. The fraction of sp³-hybridized carbons (Fsp3) is 0.783. The Hall–Kier alpha value is -1.82.